The van der Waals surface area contributed by atoms with E-state index in [9.17, 15) is 4.79 Å². The van der Waals surface area contributed by atoms with E-state index in [1.54, 1.807) is 6.92 Å². The smallest absolute Gasteiger partial charge is 0.260 e. The number of hydrogen-bond donors (Lipinski definition) is 1. The largest absolute Gasteiger partial charge is 0.481 e. The van der Waals surface area contributed by atoms with Gasteiger partial charge in [0.1, 0.15) is 5.75 Å². The highest BCUT2D eigenvalue weighted by molar-refractivity contribution is 9.10. The fourth-order valence-electron chi connectivity index (χ4n) is 2.13. The van der Waals surface area contributed by atoms with Crippen molar-refractivity contribution < 1.29 is 9.53 Å². The van der Waals surface area contributed by atoms with Crippen LogP contribution in [0.15, 0.2) is 22.7 Å². The molecule has 1 aromatic carbocycles. The molecule has 1 aromatic rings. The van der Waals surface area contributed by atoms with Crippen LogP contribution in [0.3, 0.4) is 0 Å². The van der Waals surface area contributed by atoms with E-state index < -0.39 is 6.10 Å². The van der Waals surface area contributed by atoms with Gasteiger partial charge in [-0.25, -0.2) is 0 Å². The Morgan fingerprint density at radius 1 is 1.24 bits per heavy atom. The highest BCUT2D eigenvalue weighted by Crippen LogP contribution is 2.30. The fraction of sp³-hybridized carbons (Fsp3) is 0.588. The summed E-state index contributed by atoms with van der Waals surface area (Å²) in [6.07, 6.45) is 1.37. The molecule has 1 rings (SSSR count). The van der Waals surface area contributed by atoms with Gasteiger partial charge in [-0.05, 0) is 49.4 Å². The number of carbonyl (C=O) groups excluding carboxylic acids is 1. The molecule has 3 nitrogen and oxygen atoms in total. The fourth-order valence-corrected chi connectivity index (χ4v) is 2.51. The number of nitrogens with one attached hydrogen (secondary N) is 1. The first kappa shape index (κ1) is 18.0. The lowest BCUT2D eigenvalue weighted by molar-refractivity contribution is -0.128. The van der Waals surface area contributed by atoms with Gasteiger partial charge in [-0.3, -0.25) is 4.79 Å². The summed E-state index contributed by atoms with van der Waals surface area (Å²) in [6.45, 7) is 10.2. The van der Waals surface area contributed by atoms with E-state index in [1.165, 1.54) is 0 Å². The molecule has 21 heavy (non-hydrogen) atoms. The lowest BCUT2D eigenvalue weighted by Crippen LogP contribution is -2.42. The molecule has 0 aliphatic rings. The van der Waals surface area contributed by atoms with E-state index in [0.717, 1.165) is 28.6 Å². The molecule has 1 atom stereocenters. The minimum Gasteiger partial charge on any atom is -0.481 e. The molecule has 0 saturated heterocycles. The summed E-state index contributed by atoms with van der Waals surface area (Å²) in [4.78, 5) is 12.2. The van der Waals surface area contributed by atoms with E-state index in [4.69, 9.17) is 4.74 Å². The number of carbonyl (C=O) groups is 1. The lowest BCUT2D eigenvalue weighted by Gasteiger charge is -2.21. The van der Waals surface area contributed by atoms with Gasteiger partial charge in [0, 0.05) is 10.5 Å². The Labute approximate surface area is 136 Å². The molecule has 0 heterocycles. The summed E-state index contributed by atoms with van der Waals surface area (Å²) >= 11 is 3.48. The lowest BCUT2D eigenvalue weighted by atomic mass is 10.0. The Balaban J connectivity index is 2.78. The van der Waals surface area contributed by atoms with Crippen LogP contribution in [0.2, 0.25) is 0 Å². The van der Waals surface area contributed by atoms with Gasteiger partial charge in [0.2, 0.25) is 0 Å². The zero-order valence-electron chi connectivity index (χ0n) is 13.6. The molecule has 0 fully saturated rings. The molecule has 1 unspecified atom stereocenters. The molecular formula is C17H26BrNO2. The zero-order chi connectivity index (χ0) is 16.0. The minimum absolute atomic E-state index is 0.0543. The Kier molecular flexibility index (Phi) is 7.23. The Hall–Kier alpha value is -1.03. The van der Waals surface area contributed by atoms with Gasteiger partial charge in [-0.1, -0.05) is 43.6 Å². The van der Waals surface area contributed by atoms with Crippen LogP contribution in [0.5, 0.6) is 5.75 Å². The maximum absolute atomic E-state index is 12.2. The van der Waals surface area contributed by atoms with Crippen molar-refractivity contribution in [2.75, 3.05) is 0 Å². The van der Waals surface area contributed by atoms with Crippen LogP contribution < -0.4 is 10.1 Å². The van der Waals surface area contributed by atoms with Gasteiger partial charge >= 0.3 is 0 Å². The van der Waals surface area contributed by atoms with Crippen molar-refractivity contribution >= 4 is 21.8 Å². The second-order valence-electron chi connectivity index (χ2n) is 5.62. The van der Waals surface area contributed by atoms with Crippen LogP contribution in [0.1, 0.15) is 58.9 Å². The number of halogens is 1. The summed E-state index contributed by atoms with van der Waals surface area (Å²) in [7, 11) is 0. The first-order chi connectivity index (χ1) is 9.88. The number of hydrogen-bond acceptors (Lipinski definition) is 2. The second kappa shape index (κ2) is 8.42. The predicted octanol–water partition coefficient (Wildman–Crippen LogP) is 4.64. The number of ether oxygens (including phenoxy) is 1. The third kappa shape index (κ3) is 5.34. The maximum Gasteiger partial charge on any atom is 0.260 e. The molecule has 1 N–H and O–H groups in total. The molecular weight excluding hydrogens is 330 g/mol. The summed E-state index contributed by atoms with van der Waals surface area (Å²) in [6, 6.07) is 6.12. The first-order valence-electron chi connectivity index (χ1n) is 7.65. The molecule has 4 heteroatoms. The van der Waals surface area contributed by atoms with Gasteiger partial charge in [0.05, 0.1) is 0 Å². The van der Waals surface area contributed by atoms with Crippen molar-refractivity contribution in [2.24, 2.45) is 0 Å². The first-order valence-corrected chi connectivity index (χ1v) is 8.44. The molecule has 0 aliphatic heterocycles. The van der Waals surface area contributed by atoms with Gasteiger partial charge < -0.3 is 10.1 Å². The van der Waals surface area contributed by atoms with Gasteiger partial charge in [0.25, 0.3) is 5.91 Å². The number of amides is 1. The molecule has 0 aromatic heterocycles. The summed E-state index contributed by atoms with van der Waals surface area (Å²) in [5.74, 6) is 1.06. The SMILES string of the molecule is CCC(CC)NC(=O)C(C)Oc1ccc(Br)cc1C(C)C. The number of rotatable bonds is 7. The Morgan fingerprint density at radius 3 is 2.38 bits per heavy atom. The molecule has 1 amide bonds. The quantitative estimate of drug-likeness (QED) is 0.773. The van der Waals surface area contributed by atoms with E-state index in [0.29, 0.717) is 5.92 Å². The summed E-state index contributed by atoms with van der Waals surface area (Å²) in [5.41, 5.74) is 1.10. The standard InChI is InChI=1S/C17H26BrNO2/c1-6-14(7-2)19-17(20)12(5)21-16-9-8-13(18)10-15(16)11(3)4/h8-12,14H,6-7H2,1-5H3,(H,19,20). The van der Waals surface area contributed by atoms with Crippen LogP contribution in [-0.4, -0.2) is 18.1 Å². The zero-order valence-corrected chi connectivity index (χ0v) is 15.2. The van der Waals surface area contributed by atoms with Crippen molar-refractivity contribution in [1.29, 1.82) is 0 Å². The van der Waals surface area contributed by atoms with Crippen molar-refractivity contribution in [3.8, 4) is 5.75 Å². The highest BCUT2D eigenvalue weighted by Gasteiger charge is 2.19. The normalized spacial score (nSPS) is 12.6. The number of benzene rings is 1. The van der Waals surface area contributed by atoms with Crippen molar-refractivity contribution in [3.05, 3.63) is 28.2 Å². The Morgan fingerprint density at radius 2 is 1.86 bits per heavy atom. The average Bonchev–Trinajstić information content (AvgIpc) is 2.45. The second-order valence-corrected chi connectivity index (χ2v) is 6.53. The monoisotopic (exact) mass is 355 g/mol. The van der Waals surface area contributed by atoms with E-state index in [1.807, 2.05) is 18.2 Å². The third-order valence-corrected chi connectivity index (χ3v) is 4.09. The Bertz CT molecular complexity index is 470. The average molecular weight is 356 g/mol. The van der Waals surface area contributed by atoms with Crippen molar-refractivity contribution in [1.82, 2.24) is 5.32 Å². The van der Waals surface area contributed by atoms with Gasteiger partial charge in [-0.15, -0.1) is 0 Å². The third-order valence-electron chi connectivity index (χ3n) is 3.60. The van der Waals surface area contributed by atoms with E-state index in [2.05, 4.69) is 48.9 Å². The molecule has 118 valence electrons. The minimum atomic E-state index is -0.496. The molecule has 0 bridgehead atoms. The summed E-state index contributed by atoms with van der Waals surface area (Å²) < 4.78 is 6.90. The summed E-state index contributed by atoms with van der Waals surface area (Å²) in [5, 5.41) is 3.02. The van der Waals surface area contributed by atoms with E-state index >= 15 is 0 Å². The van der Waals surface area contributed by atoms with Crippen molar-refractivity contribution in [2.45, 2.75) is 65.5 Å². The van der Waals surface area contributed by atoms with Gasteiger partial charge in [0.15, 0.2) is 6.10 Å². The molecule has 0 aliphatic carbocycles. The predicted molar refractivity (Wildman–Crippen MR) is 90.8 cm³/mol. The molecule has 0 saturated carbocycles. The van der Waals surface area contributed by atoms with Crippen LogP contribution in [0.4, 0.5) is 0 Å². The molecule has 0 spiro atoms. The van der Waals surface area contributed by atoms with Crippen LogP contribution in [0.25, 0.3) is 0 Å². The topological polar surface area (TPSA) is 38.3 Å². The highest BCUT2D eigenvalue weighted by atomic mass is 79.9. The maximum atomic E-state index is 12.2. The van der Waals surface area contributed by atoms with Gasteiger partial charge in [-0.2, -0.15) is 0 Å². The molecule has 0 radical (unpaired) electrons. The van der Waals surface area contributed by atoms with Crippen molar-refractivity contribution in [3.63, 3.8) is 0 Å². The van der Waals surface area contributed by atoms with Crippen LogP contribution >= 0.6 is 15.9 Å². The van der Waals surface area contributed by atoms with Crippen LogP contribution in [-0.2, 0) is 4.79 Å². The van der Waals surface area contributed by atoms with Crippen LogP contribution in [0, 0.1) is 0 Å². The van der Waals surface area contributed by atoms with E-state index in [-0.39, 0.29) is 11.9 Å².